The van der Waals surface area contributed by atoms with Crippen molar-refractivity contribution in [3.63, 3.8) is 0 Å². The smallest absolute Gasteiger partial charge is 0.252 e. The van der Waals surface area contributed by atoms with Crippen LogP contribution in [0.25, 0.3) is 10.9 Å². The summed E-state index contributed by atoms with van der Waals surface area (Å²) >= 11 is 0. The predicted octanol–water partition coefficient (Wildman–Crippen LogP) is 1.23. The van der Waals surface area contributed by atoms with Crippen LogP contribution in [0.15, 0.2) is 23.0 Å². The number of ether oxygens (including phenoxy) is 3. The van der Waals surface area contributed by atoms with Gasteiger partial charge in [0.05, 0.1) is 23.8 Å². The summed E-state index contributed by atoms with van der Waals surface area (Å²) in [4.78, 5) is 17.4. The van der Waals surface area contributed by atoms with Crippen molar-refractivity contribution in [1.29, 1.82) is 0 Å². The van der Waals surface area contributed by atoms with Crippen LogP contribution in [0.4, 0.5) is 0 Å². The van der Waals surface area contributed by atoms with Crippen LogP contribution < -0.4 is 15.0 Å². The van der Waals surface area contributed by atoms with Gasteiger partial charge in [0, 0.05) is 36.7 Å². The van der Waals surface area contributed by atoms with Gasteiger partial charge in [0.1, 0.15) is 0 Å². The minimum absolute atomic E-state index is 0.0629. The highest BCUT2D eigenvalue weighted by Crippen LogP contribution is 2.35. The molecule has 0 spiro atoms. The van der Waals surface area contributed by atoms with E-state index < -0.39 is 6.10 Å². The second-order valence-electron chi connectivity index (χ2n) is 6.90. The fraction of sp³-hybridized carbons (Fsp3) is 0.500. The molecule has 0 bridgehead atoms. The molecule has 2 aliphatic rings. The molecule has 2 atom stereocenters. The summed E-state index contributed by atoms with van der Waals surface area (Å²) in [6.45, 7) is 5.68. The number of nitrogens with one attached hydrogen (secondary N) is 1. The van der Waals surface area contributed by atoms with Crippen molar-refractivity contribution in [2.24, 2.45) is 0 Å². The zero-order chi connectivity index (χ0) is 17.6. The Morgan fingerprint density at radius 2 is 2.04 bits per heavy atom. The third-order valence-electron chi connectivity index (χ3n) is 4.57. The largest absolute Gasteiger partial charge is 0.454 e. The van der Waals surface area contributed by atoms with E-state index in [1.807, 2.05) is 30.9 Å². The lowest BCUT2D eigenvalue weighted by Gasteiger charge is -2.18. The summed E-state index contributed by atoms with van der Waals surface area (Å²) in [6, 6.07) is 5.54. The number of aliphatic hydroxyl groups excluding tert-OH is 1. The standard InChI is InChI=1S/C18H22N2O5/c1-10(2)25-17-8-20(7-14(17)21)6-12-3-11-4-15-16(24-9-23-15)5-13(11)19-18(12)22/h3-5,10,14,17,21H,6-9H2,1-2H3,(H,19,22)/t14-,17-/m1/s1. The summed E-state index contributed by atoms with van der Waals surface area (Å²) in [7, 11) is 0. The van der Waals surface area contributed by atoms with Gasteiger partial charge < -0.3 is 24.3 Å². The van der Waals surface area contributed by atoms with Gasteiger partial charge in [0.15, 0.2) is 11.5 Å². The number of hydrogen-bond donors (Lipinski definition) is 2. The van der Waals surface area contributed by atoms with Crippen LogP contribution in [0.5, 0.6) is 11.5 Å². The second-order valence-corrected chi connectivity index (χ2v) is 6.90. The number of nitrogens with zero attached hydrogens (tertiary/aromatic N) is 1. The highest BCUT2D eigenvalue weighted by atomic mass is 16.7. The maximum absolute atomic E-state index is 12.4. The Kier molecular flexibility index (Phi) is 4.15. The molecule has 7 nitrogen and oxygen atoms in total. The molecule has 4 rings (SSSR count). The molecule has 1 aromatic heterocycles. The third kappa shape index (κ3) is 3.22. The molecule has 0 saturated carbocycles. The minimum Gasteiger partial charge on any atom is -0.454 e. The first-order valence-electron chi connectivity index (χ1n) is 8.51. The number of pyridine rings is 1. The van der Waals surface area contributed by atoms with E-state index in [1.165, 1.54) is 0 Å². The van der Waals surface area contributed by atoms with Gasteiger partial charge in [0.2, 0.25) is 6.79 Å². The Labute approximate surface area is 145 Å². The molecule has 0 unspecified atom stereocenters. The minimum atomic E-state index is -0.532. The van der Waals surface area contributed by atoms with E-state index in [0.717, 1.165) is 10.9 Å². The number of likely N-dealkylation sites (tertiary alicyclic amines) is 1. The molecule has 0 aliphatic carbocycles. The first-order valence-corrected chi connectivity index (χ1v) is 8.51. The quantitative estimate of drug-likeness (QED) is 0.866. The Morgan fingerprint density at radius 3 is 2.80 bits per heavy atom. The van der Waals surface area contributed by atoms with Crippen molar-refractivity contribution in [3.8, 4) is 11.5 Å². The Bertz CT molecular complexity index is 847. The highest BCUT2D eigenvalue weighted by molar-refractivity contribution is 5.83. The molecule has 3 heterocycles. The molecule has 7 heteroatoms. The van der Waals surface area contributed by atoms with Crippen molar-refractivity contribution in [2.75, 3.05) is 19.9 Å². The summed E-state index contributed by atoms with van der Waals surface area (Å²) in [5, 5.41) is 11.0. The third-order valence-corrected chi connectivity index (χ3v) is 4.57. The molecular weight excluding hydrogens is 324 g/mol. The molecule has 1 fully saturated rings. The van der Waals surface area contributed by atoms with Crippen LogP contribution >= 0.6 is 0 Å². The Morgan fingerprint density at radius 1 is 1.28 bits per heavy atom. The molecule has 0 amide bonds. The van der Waals surface area contributed by atoms with Crippen LogP contribution in [0.1, 0.15) is 19.4 Å². The monoisotopic (exact) mass is 346 g/mol. The number of benzene rings is 1. The van der Waals surface area contributed by atoms with E-state index >= 15 is 0 Å². The number of β-amino-alcohol motifs (C(OH)–C–C–N with tert-alkyl or cyclic N) is 1. The van der Waals surface area contributed by atoms with Gasteiger partial charge in [-0.15, -0.1) is 0 Å². The number of H-pyrrole nitrogens is 1. The van der Waals surface area contributed by atoms with Crippen LogP contribution in [0, 0.1) is 0 Å². The second kappa shape index (κ2) is 6.33. The summed E-state index contributed by atoms with van der Waals surface area (Å²) in [5.41, 5.74) is 1.25. The van der Waals surface area contributed by atoms with E-state index in [-0.39, 0.29) is 24.6 Å². The summed E-state index contributed by atoms with van der Waals surface area (Å²) in [5.74, 6) is 1.33. The van der Waals surface area contributed by atoms with Crippen LogP contribution in [-0.2, 0) is 11.3 Å². The van der Waals surface area contributed by atoms with Gasteiger partial charge in [-0.2, -0.15) is 0 Å². The van der Waals surface area contributed by atoms with Crippen molar-refractivity contribution < 1.29 is 19.3 Å². The molecule has 0 radical (unpaired) electrons. The Balaban J connectivity index is 1.56. The van der Waals surface area contributed by atoms with Gasteiger partial charge in [-0.25, -0.2) is 0 Å². The van der Waals surface area contributed by atoms with Crippen LogP contribution in [0.3, 0.4) is 0 Å². The predicted molar refractivity (Wildman–Crippen MR) is 92.0 cm³/mol. The number of aromatic amines is 1. The first kappa shape index (κ1) is 16.4. The number of aliphatic hydroxyl groups is 1. The Hall–Kier alpha value is -2.09. The molecule has 134 valence electrons. The molecule has 1 saturated heterocycles. The van der Waals surface area contributed by atoms with Gasteiger partial charge in [-0.3, -0.25) is 9.69 Å². The number of hydrogen-bond acceptors (Lipinski definition) is 6. The van der Waals surface area contributed by atoms with Crippen molar-refractivity contribution >= 4 is 10.9 Å². The molecule has 2 N–H and O–H groups in total. The fourth-order valence-corrected chi connectivity index (χ4v) is 3.44. The van der Waals surface area contributed by atoms with Crippen LogP contribution in [-0.4, -0.2) is 53.2 Å². The first-order chi connectivity index (χ1) is 12.0. The van der Waals surface area contributed by atoms with E-state index in [4.69, 9.17) is 14.2 Å². The van der Waals surface area contributed by atoms with E-state index in [2.05, 4.69) is 4.98 Å². The molecule has 2 aromatic rings. The normalized spacial score (nSPS) is 23.0. The average Bonchev–Trinajstić information content (AvgIpc) is 3.12. The van der Waals surface area contributed by atoms with E-state index in [0.29, 0.717) is 36.7 Å². The fourth-order valence-electron chi connectivity index (χ4n) is 3.44. The summed E-state index contributed by atoms with van der Waals surface area (Å²) < 4.78 is 16.5. The highest BCUT2D eigenvalue weighted by Gasteiger charge is 2.33. The SMILES string of the molecule is CC(C)O[C@@H]1CN(Cc2cc3cc4c(cc3[nH]c2=O)OCO4)C[C@H]1O. The van der Waals surface area contributed by atoms with Crippen LogP contribution in [0.2, 0.25) is 0 Å². The molecule has 1 aromatic carbocycles. The van der Waals surface area contributed by atoms with Crippen molar-refractivity contribution in [1.82, 2.24) is 9.88 Å². The topological polar surface area (TPSA) is 84.0 Å². The zero-order valence-corrected chi connectivity index (χ0v) is 14.3. The number of aromatic nitrogens is 1. The lowest BCUT2D eigenvalue weighted by molar-refractivity contribution is -0.0396. The zero-order valence-electron chi connectivity index (χ0n) is 14.3. The van der Waals surface area contributed by atoms with E-state index in [9.17, 15) is 9.90 Å². The van der Waals surface area contributed by atoms with Gasteiger partial charge >= 0.3 is 0 Å². The van der Waals surface area contributed by atoms with Gasteiger partial charge in [-0.1, -0.05) is 0 Å². The maximum Gasteiger partial charge on any atom is 0.252 e. The number of rotatable bonds is 4. The lowest BCUT2D eigenvalue weighted by Crippen LogP contribution is -2.29. The van der Waals surface area contributed by atoms with E-state index in [1.54, 1.807) is 6.07 Å². The molecular formula is C18H22N2O5. The molecule has 2 aliphatic heterocycles. The average molecular weight is 346 g/mol. The number of fused-ring (bicyclic) bond motifs is 2. The van der Waals surface area contributed by atoms with Crippen molar-refractivity contribution in [2.45, 2.75) is 38.7 Å². The van der Waals surface area contributed by atoms with Gasteiger partial charge in [-0.05, 0) is 26.0 Å². The van der Waals surface area contributed by atoms with Gasteiger partial charge in [0.25, 0.3) is 5.56 Å². The maximum atomic E-state index is 12.4. The molecule has 25 heavy (non-hydrogen) atoms. The van der Waals surface area contributed by atoms with Crippen molar-refractivity contribution in [3.05, 3.63) is 34.1 Å². The summed E-state index contributed by atoms with van der Waals surface area (Å²) in [6.07, 6.45) is -0.683. The lowest BCUT2D eigenvalue weighted by atomic mass is 10.1.